The van der Waals surface area contributed by atoms with Crippen LogP contribution in [0.3, 0.4) is 0 Å². The van der Waals surface area contributed by atoms with E-state index in [-0.39, 0.29) is 5.91 Å². The van der Waals surface area contributed by atoms with Crippen LogP contribution in [0.2, 0.25) is 0 Å². The van der Waals surface area contributed by atoms with E-state index in [1.165, 1.54) is 5.56 Å². The zero-order valence-corrected chi connectivity index (χ0v) is 15.3. The average molecular weight is 361 g/mol. The highest BCUT2D eigenvalue weighted by molar-refractivity contribution is 5.94. The largest absolute Gasteiger partial charge is 0.497 e. The molecule has 1 aromatic heterocycles. The maximum atomic E-state index is 12.4. The molecular formula is C22H23N3O2. The number of carbonyl (C=O) groups is 1. The standard InChI is InChI=1S/C22H23N3O2/c1-27-20-9-7-18(8-10-20)16-25-21-15-19(12-14-23-21)22(26)24-13-11-17-5-3-2-4-6-17/h2-10,12,14-15H,11,13,16H2,1H3,(H,23,25)(H,24,26). The van der Waals surface area contributed by atoms with E-state index in [0.29, 0.717) is 24.5 Å². The zero-order valence-electron chi connectivity index (χ0n) is 15.3. The van der Waals surface area contributed by atoms with Gasteiger partial charge in [0.15, 0.2) is 0 Å². The first-order valence-corrected chi connectivity index (χ1v) is 8.89. The fourth-order valence-corrected chi connectivity index (χ4v) is 2.67. The fourth-order valence-electron chi connectivity index (χ4n) is 2.67. The van der Waals surface area contributed by atoms with Gasteiger partial charge in [-0.1, -0.05) is 42.5 Å². The van der Waals surface area contributed by atoms with Crippen LogP contribution < -0.4 is 15.4 Å². The molecule has 0 aliphatic rings. The monoisotopic (exact) mass is 361 g/mol. The van der Waals surface area contributed by atoms with Crippen molar-refractivity contribution in [3.8, 4) is 5.75 Å². The first-order valence-electron chi connectivity index (χ1n) is 8.89. The molecule has 0 saturated carbocycles. The molecule has 27 heavy (non-hydrogen) atoms. The number of aromatic nitrogens is 1. The number of ether oxygens (including phenoxy) is 1. The molecule has 0 fully saturated rings. The number of amides is 1. The van der Waals surface area contributed by atoms with Crippen LogP contribution in [0.15, 0.2) is 72.9 Å². The minimum absolute atomic E-state index is 0.0965. The molecule has 3 rings (SSSR count). The van der Waals surface area contributed by atoms with Crippen molar-refractivity contribution in [1.82, 2.24) is 10.3 Å². The minimum Gasteiger partial charge on any atom is -0.497 e. The number of rotatable bonds is 8. The molecule has 0 spiro atoms. The Morgan fingerprint density at radius 1 is 1.00 bits per heavy atom. The predicted octanol–water partition coefficient (Wildman–Crippen LogP) is 3.67. The Morgan fingerprint density at radius 3 is 2.52 bits per heavy atom. The average Bonchev–Trinajstić information content (AvgIpc) is 2.73. The maximum Gasteiger partial charge on any atom is 0.251 e. The second kappa shape index (κ2) is 9.38. The van der Waals surface area contributed by atoms with Gasteiger partial charge >= 0.3 is 0 Å². The summed E-state index contributed by atoms with van der Waals surface area (Å²) in [6.45, 7) is 1.22. The van der Waals surface area contributed by atoms with E-state index in [1.807, 2.05) is 42.5 Å². The SMILES string of the molecule is COc1ccc(CNc2cc(C(=O)NCCc3ccccc3)ccn2)cc1. The van der Waals surface area contributed by atoms with Crippen LogP contribution in [0, 0.1) is 0 Å². The third-order valence-electron chi connectivity index (χ3n) is 4.20. The number of nitrogens with zero attached hydrogens (tertiary/aromatic N) is 1. The minimum atomic E-state index is -0.0965. The normalized spacial score (nSPS) is 10.3. The maximum absolute atomic E-state index is 12.4. The Kier molecular flexibility index (Phi) is 6.41. The van der Waals surface area contributed by atoms with Gasteiger partial charge in [-0.15, -0.1) is 0 Å². The van der Waals surface area contributed by atoms with E-state index in [2.05, 4.69) is 27.8 Å². The van der Waals surface area contributed by atoms with Crippen molar-refractivity contribution in [2.75, 3.05) is 19.0 Å². The lowest BCUT2D eigenvalue weighted by molar-refractivity contribution is 0.0954. The summed E-state index contributed by atoms with van der Waals surface area (Å²) in [5.74, 6) is 1.40. The van der Waals surface area contributed by atoms with Crippen LogP contribution in [0.4, 0.5) is 5.82 Å². The molecule has 0 saturated heterocycles. The lowest BCUT2D eigenvalue weighted by atomic mass is 10.1. The summed E-state index contributed by atoms with van der Waals surface area (Å²) in [6.07, 6.45) is 2.45. The lowest BCUT2D eigenvalue weighted by Gasteiger charge is -2.09. The van der Waals surface area contributed by atoms with Gasteiger partial charge in [0, 0.05) is 24.8 Å². The van der Waals surface area contributed by atoms with Gasteiger partial charge in [-0.05, 0) is 41.8 Å². The van der Waals surface area contributed by atoms with Gasteiger partial charge < -0.3 is 15.4 Å². The smallest absolute Gasteiger partial charge is 0.251 e. The summed E-state index contributed by atoms with van der Waals surface area (Å²) in [7, 11) is 1.65. The highest BCUT2D eigenvalue weighted by Crippen LogP contribution is 2.13. The summed E-state index contributed by atoms with van der Waals surface area (Å²) in [5, 5.41) is 6.20. The topological polar surface area (TPSA) is 63.2 Å². The number of benzene rings is 2. The molecule has 3 aromatic rings. The molecular weight excluding hydrogens is 338 g/mol. The van der Waals surface area contributed by atoms with Crippen molar-refractivity contribution >= 4 is 11.7 Å². The first kappa shape index (κ1) is 18.5. The summed E-state index contributed by atoms with van der Waals surface area (Å²) >= 11 is 0. The second-order valence-corrected chi connectivity index (χ2v) is 6.12. The Morgan fingerprint density at radius 2 is 1.78 bits per heavy atom. The van der Waals surface area contributed by atoms with Crippen LogP contribution in [-0.2, 0) is 13.0 Å². The van der Waals surface area contributed by atoms with Crippen LogP contribution in [0.25, 0.3) is 0 Å². The molecule has 5 nitrogen and oxygen atoms in total. The van der Waals surface area contributed by atoms with Crippen molar-refractivity contribution in [3.63, 3.8) is 0 Å². The number of nitrogens with one attached hydrogen (secondary N) is 2. The summed E-state index contributed by atoms with van der Waals surface area (Å²) in [6, 6.07) is 21.4. The van der Waals surface area contributed by atoms with Gasteiger partial charge in [-0.25, -0.2) is 4.98 Å². The lowest BCUT2D eigenvalue weighted by Crippen LogP contribution is -2.25. The van der Waals surface area contributed by atoms with E-state index in [0.717, 1.165) is 17.7 Å². The van der Waals surface area contributed by atoms with Crippen LogP contribution in [-0.4, -0.2) is 24.5 Å². The van der Waals surface area contributed by atoms with Crippen molar-refractivity contribution in [2.45, 2.75) is 13.0 Å². The molecule has 0 aliphatic carbocycles. The number of anilines is 1. The molecule has 1 heterocycles. The Bertz CT molecular complexity index is 864. The molecule has 2 N–H and O–H groups in total. The van der Waals surface area contributed by atoms with Crippen molar-refractivity contribution in [1.29, 1.82) is 0 Å². The van der Waals surface area contributed by atoms with Crippen molar-refractivity contribution in [3.05, 3.63) is 89.6 Å². The van der Waals surface area contributed by atoms with E-state index in [1.54, 1.807) is 25.4 Å². The van der Waals surface area contributed by atoms with Crippen molar-refractivity contribution in [2.24, 2.45) is 0 Å². The van der Waals surface area contributed by atoms with E-state index < -0.39 is 0 Å². The van der Waals surface area contributed by atoms with Gasteiger partial charge in [0.1, 0.15) is 11.6 Å². The number of methoxy groups -OCH3 is 1. The first-order chi connectivity index (χ1) is 13.2. The van der Waals surface area contributed by atoms with Crippen LogP contribution in [0.5, 0.6) is 5.75 Å². The number of hydrogen-bond donors (Lipinski definition) is 2. The fraction of sp³-hybridized carbons (Fsp3) is 0.182. The third kappa shape index (κ3) is 5.57. The highest BCUT2D eigenvalue weighted by atomic mass is 16.5. The number of pyridine rings is 1. The molecule has 5 heteroatoms. The van der Waals surface area contributed by atoms with Gasteiger partial charge in [-0.3, -0.25) is 4.79 Å². The van der Waals surface area contributed by atoms with E-state index in [4.69, 9.17) is 4.74 Å². The molecule has 1 amide bonds. The predicted molar refractivity (Wildman–Crippen MR) is 107 cm³/mol. The zero-order chi connectivity index (χ0) is 18.9. The van der Waals surface area contributed by atoms with E-state index >= 15 is 0 Å². The summed E-state index contributed by atoms with van der Waals surface area (Å²) < 4.78 is 5.16. The molecule has 2 aromatic carbocycles. The molecule has 0 atom stereocenters. The second-order valence-electron chi connectivity index (χ2n) is 6.12. The number of carbonyl (C=O) groups excluding carboxylic acids is 1. The van der Waals surface area contributed by atoms with Gasteiger partial charge in [0.05, 0.1) is 7.11 Å². The third-order valence-corrected chi connectivity index (χ3v) is 4.20. The summed E-state index contributed by atoms with van der Waals surface area (Å²) in [5.41, 5.74) is 2.90. The van der Waals surface area contributed by atoms with E-state index in [9.17, 15) is 4.79 Å². The quantitative estimate of drug-likeness (QED) is 0.642. The highest BCUT2D eigenvalue weighted by Gasteiger charge is 2.06. The van der Waals surface area contributed by atoms with Gasteiger partial charge in [-0.2, -0.15) is 0 Å². The summed E-state index contributed by atoms with van der Waals surface area (Å²) in [4.78, 5) is 16.6. The Labute approximate surface area is 159 Å². The Balaban J connectivity index is 1.51. The van der Waals surface area contributed by atoms with Gasteiger partial charge in [0.25, 0.3) is 5.91 Å². The van der Waals surface area contributed by atoms with Crippen LogP contribution >= 0.6 is 0 Å². The van der Waals surface area contributed by atoms with Crippen molar-refractivity contribution < 1.29 is 9.53 Å². The van der Waals surface area contributed by atoms with Gasteiger partial charge in [0.2, 0.25) is 0 Å². The molecule has 138 valence electrons. The van der Waals surface area contributed by atoms with Crippen LogP contribution in [0.1, 0.15) is 21.5 Å². The molecule has 0 unspecified atom stereocenters. The molecule has 0 radical (unpaired) electrons. The number of hydrogen-bond acceptors (Lipinski definition) is 4. The molecule has 0 aliphatic heterocycles. The molecule has 0 bridgehead atoms. The Hall–Kier alpha value is -3.34.